The van der Waals surface area contributed by atoms with Crippen LogP contribution in [0.2, 0.25) is 0 Å². The van der Waals surface area contributed by atoms with Gasteiger partial charge in [0.25, 0.3) is 0 Å². The lowest BCUT2D eigenvalue weighted by Gasteiger charge is -2.34. The number of nitrogens with zero attached hydrogens (tertiary/aromatic N) is 2. The number of hydrogen-bond donors (Lipinski definition) is 0. The Morgan fingerprint density at radius 1 is 0.844 bits per heavy atom. The first kappa shape index (κ1) is 19.9. The Morgan fingerprint density at radius 3 is 1.62 bits per heavy atom. The molecule has 2 saturated heterocycles. The summed E-state index contributed by atoms with van der Waals surface area (Å²) in [6.07, 6.45) is 13.9. The topological polar surface area (TPSA) is 74.8 Å². The first-order valence-corrected chi connectivity index (χ1v) is 11.6. The van der Waals surface area contributed by atoms with Crippen molar-refractivity contribution in [2.45, 2.75) is 38.8 Å². The molecule has 2 saturated carbocycles. The van der Waals surface area contributed by atoms with Gasteiger partial charge in [-0.3, -0.25) is 29.0 Å². The van der Waals surface area contributed by atoms with Crippen LogP contribution in [0.25, 0.3) is 0 Å². The Hall–Kier alpha value is -2.76. The molecule has 4 aliphatic carbocycles. The van der Waals surface area contributed by atoms with Crippen LogP contribution in [0.1, 0.15) is 32.6 Å². The number of likely N-dealkylation sites (tertiary alicyclic amines) is 2. The highest BCUT2D eigenvalue weighted by molar-refractivity contribution is 6.10. The largest absolute Gasteiger partial charge is 0.274 e. The van der Waals surface area contributed by atoms with E-state index in [9.17, 15) is 19.2 Å². The molecule has 6 aliphatic rings. The van der Waals surface area contributed by atoms with E-state index in [0.29, 0.717) is 12.8 Å². The van der Waals surface area contributed by atoms with E-state index in [1.54, 1.807) is 6.92 Å². The zero-order chi connectivity index (χ0) is 22.6. The van der Waals surface area contributed by atoms with Crippen LogP contribution in [0.15, 0.2) is 49.6 Å². The molecule has 2 aliphatic heterocycles. The molecule has 8 atom stereocenters. The number of rotatable bonds is 6. The number of allylic oxidation sites excluding steroid dienone is 6. The van der Waals surface area contributed by atoms with Gasteiger partial charge in [0.1, 0.15) is 6.17 Å². The van der Waals surface area contributed by atoms with Gasteiger partial charge in [0.05, 0.1) is 23.7 Å². The lowest BCUT2D eigenvalue weighted by Crippen LogP contribution is -2.53. The molecule has 4 bridgehead atoms. The van der Waals surface area contributed by atoms with Crippen LogP contribution < -0.4 is 0 Å². The van der Waals surface area contributed by atoms with E-state index in [-0.39, 0.29) is 46.3 Å². The fourth-order valence-corrected chi connectivity index (χ4v) is 8.18. The molecule has 4 fully saturated rings. The van der Waals surface area contributed by atoms with Gasteiger partial charge >= 0.3 is 0 Å². The summed E-state index contributed by atoms with van der Waals surface area (Å²) in [5.74, 6) is -2.56. The van der Waals surface area contributed by atoms with Crippen molar-refractivity contribution in [2.24, 2.45) is 46.3 Å². The summed E-state index contributed by atoms with van der Waals surface area (Å²) >= 11 is 0. The van der Waals surface area contributed by atoms with E-state index >= 15 is 0 Å². The number of imide groups is 2. The number of carbonyl (C=O) groups is 4. The van der Waals surface area contributed by atoms with Gasteiger partial charge in [0.2, 0.25) is 23.6 Å². The Labute approximate surface area is 187 Å². The molecule has 0 aromatic rings. The molecule has 8 unspecified atom stereocenters. The van der Waals surface area contributed by atoms with E-state index in [1.807, 2.05) is 12.2 Å². The minimum Gasteiger partial charge on any atom is -0.274 e. The second-order valence-corrected chi connectivity index (χ2v) is 10.6. The third-order valence-corrected chi connectivity index (χ3v) is 9.31. The Balaban J connectivity index is 1.32. The molecule has 0 aromatic carbocycles. The molecule has 2 heterocycles. The number of hydrogen-bond acceptors (Lipinski definition) is 4. The van der Waals surface area contributed by atoms with Gasteiger partial charge in [0, 0.05) is 10.8 Å². The molecule has 4 amide bonds. The zero-order valence-corrected chi connectivity index (χ0v) is 18.3. The van der Waals surface area contributed by atoms with Gasteiger partial charge in [-0.1, -0.05) is 36.5 Å². The molecular weight excluding hydrogens is 404 g/mol. The van der Waals surface area contributed by atoms with Crippen LogP contribution in [-0.2, 0) is 19.2 Å². The maximum atomic E-state index is 13.6. The summed E-state index contributed by atoms with van der Waals surface area (Å²) < 4.78 is 0. The molecular formula is C26H28N2O4. The van der Waals surface area contributed by atoms with Crippen molar-refractivity contribution in [2.75, 3.05) is 0 Å². The van der Waals surface area contributed by atoms with E-state index in [1.165, 1.54) is 9.80 Å². The van der Waals surface area contributed by atoms with Crippen LogP contribution in [0.3, 0.4) is 0 Å². The molecule has 0 spiro atoms. The van der Waals surface area contributed by atoms with Crippen molar-refractivity contribution in [1.29, 1.82) is 0 Å². The fourth-order valence-electron chi connectivity index (χ4n) is 8.18. The molecule has 0 radical (unpaired) electrons. The van der Waals surface area contributed by atoms with Gasteiger partial charge < -0.3 is 0 Å². The minimum absolute atomic E-state index is 0.0360. The standard InChI is InChI=1S/C26H28N2O4/c1-4-8-25-10-6-15(12-25)17-19(25)23(31)27(21(17)29)14(3)28-22(30)18-16-7-11-26(13-16,9-5-2)20(18)24(28)32/h4-7,10-11,14-20H,1-2,8-9,12-13H2,3H3. The van der Waals surface area contributed by atoms with Gasteiger partial charge in [-0.2, -0.15) is 0 Å². The lowest BCUT2D eigenvalue weighted by molar-refractivity contribution is -0.156. The minimum atomic E-state index is -0.897. The second kappa shape index (κ2) is 6.18. The van der Waals surface area contributed by atoms with Crippen molar-refractivity contribution < 1.29 is 19.2 Å². The molecule has 0 aromatic heterocycles. The van der Waals surface area contributed by atoms with Crippen LogP contribution in [0.5, 0.6) is 0 Å². The third kappa shape index (κ3) is 2.07. The summed E-state index contributed by atoms with van der Waals surface area (Å²) in [6.45, 7) is 9.35. The van der Waals surface area contributed by atoms with E-state index in [0.717, 1.165) is 12.8 Å². The molecule has 32 heavy (non-hydrogen) atoms. The van der Waals surface area contributed by atoms with Crippen molar-refractivity contribution in [3.05, 3.63) is 49.6 Å². The molecule has 166 valence electrons. The maximum absolute atomic E-state index is 13.6. The van der Waals surface area contributed by atoms with Crippen molar-refractivity contribution in [3.63, 3.8) is 0 Å². The molecule has 6 rings (SSSR count). The Kier molecular flexibility index (Phi) is 3.84. The van der Waals surface area contributed by atoms with E-state index < -0.39 is 29.8 Å². The number of fused-ring (bicyclic) bond motifs is 10. The van der Waals surface area contributed by atoms with Crippen molar-refractivity contribution in [3.8, 4) is 0 Å². The van der Waals surface area contributed by atoms with Gasteiger partial charge in [-0.25, -0.2) is 0 Å². The number of amides is 4. The summed E-state index contributed by atoms with van der Waals surface area (Å²) in [7, 11) is 0. The van der Waals surface area contributed by atoms with Crippen molar-refractivity contribution >= 4 is 23.6 Å². The van der Waals surface area contributed by atoms with Gasteiger partial charge in [-0.15, -0.1) is 13.2 Å². The number of carbonyl (C=O) groups excluding carboxylic acids is 4. The quantitative estimate of drug-likeness (QED) is 0.478. The highest BCUT2D eigenvalue weighted by Gasteiger charge is 2.69. The van der Waals surface area contributed by atoms with Crippen LogP contribution >= 0.6 is 0 Å². The first-order chi connectivity index (χ1) is 15.3. The predicted octanol–water partition coefficient (Wildman–Crippen LogP) is 2.84. The summed E-state index contributed by atoms with van der Waals surface area (Å²) in [4.78, 5) is 56.6. The maximum Gasteiger partial charge on any atom is 0.235 e. The fraction of sp³-hybridized carbons (Fsp3) is 0.538. The van der Waals surface area contributed by atoms with E-state index in [2.05, 4.69) is 37.5 Å². The highest BCUT2D eigenvalue weighted by atomic mass is 16.2. The summed E-state index contributed by atoms with van der Waals surface area (Å²) in [5, 5.41) is 0. The normalized spacial score (nSPS) is 45.9. The molecule has 0 N–H and O–H groups in total. The Bertz CT molecular complexity index is 976. The van der Waals surface area contributed by atoms with Gasteiger partial charge in [0.15, 0.2) is 0 Å². The molecule has 6 heteroatoms. The van der Waals surface area contributed by atoms with Crippen molar-refractivity contribution in [1.82, 2.24) is 9.80 Å². The SMILES string of the molecule is C=CCC12C=CC(C1)C1C(=O)N(C(C)N3C(=O)C4C5C=CC(CC=C)(C5)C4C3=O)C(=O)C12. The second-order valence-electron chi connectivity index (χ2n) is 10.6. The zero-order valence-electron chi connectivity index (χ0n) is 18.3. The van der Waals surface area contributed by atoms with Gasteiger partial charge in [-0.05, 0) is 44.4 Å². The van der Waals surface area contributed by atoms with Crippen LogP contribution in [0, 0.1) is 46.3 Å². The predicted molar refractivity (Wildman–Crippen MR) is 116 cm³/mol. The van der Waals surface area contributed by atoms with Crippen LogP contribution in [-0.4, -0.2) is 39.6 Å². The lowest BCUT2D eigenvalue weighted by atomic mass is 9.72. The van der Waals surface area contributed by atoms with Crippen LogP contribution in [0.4, 0.5) is 0 Å². The smallest absolute Gasteiger partial charge is 0.235 e. The Morgan fingerprint density at radius 2 is 1.25 bits per heavy atom. The third-order valence-electron chi connectivity index (χ3n) is 9.31. The average molecular weight is 433 g/mol. The summed E-state index contributed by atoms with van der Waals surface area (Å²) in [5.41, 5.74) is -0.740. The molecule has 6 nitrogen and oxygen atoms in total. The first-order valence-electron chi connectivity index (χ1n) is 11.6. The average Bonchev–Trinajstić information content (AvgIpc) is 3.55. The highest BCUT2D eigenvalue weighted by Crippen LogP contribution is 2.64. The summed E-state index contributed by atoms with van der Waals surface area (Å²) in [6, 6.07) is 0. The monoisotopic (exact) mass is 432 g/mol. The van der Waals surface area contributed by atoms with E-state index in [4.69, 9.17) is 0 Å².